The molecule has 0 saturated carbocycles. The molecule has 3 rings (SSSR count). The van der Waals surface area contributed by atoms with E-state index in [2.05, 4.69) is 15.1 Å². The van der Waals surface area contributed by atoms with Crippen LogP contribution in [0.25, 0.3) is 0 Å². The van der Waals surface area contributed by atoms with Crippen LogP contribution in [-0.2, 0) is 26.8 Å². The molecule has 0 radical (unpaired) electrons. The van der Waals surface area contributed by atoms with Crippen molar-refractivity contribution in [3.8, 4) is 5.75 Å². The smallest absolute Gasteiger partial charge is 0.265 e. The zero-order valence-electron chi connectivity index (χ0n) is 18.8. The van der Waals surface area contributed by atoms with E-state index in [0.717, 1.165) is 5.56 Å². The normalized spacial score (nSPS) is 11.8. The molecule has 2 N–H and O–H groups in total. The van der Waals surface area contributed by atoms with Gasteiger partial charge in [-0.2, -0.15) is 5.10 Å². The minimum absolute atomic E-state index is 0.0907. The first-order valence-electron chi connectivity index (χ1n) is 10.1. The SMILES string of the molecule is COc1ccc(NC(C)=O)cc1NS(=O)(=O)c1cn(Cc2ccccc2)nc1C(C)(C)C. The second kappa shape index (κ2) is 9.04. The van der Waals surface area contributed by atoms with Crippen LogP contribution in [-0.4, -0.2) is 31.2 Å². The van der Waals surface area contributed by atoms with Crippen molar-refractivity contribution in [2.75, 3.05) is 17.1 Å². The summed E-state index contributed by atoms with van der Waals surface area (Å²) in [7, 11) is -2.55. The molecular formula is C23H28N4O4S. The summed E-state index contributed by atoms with van der Waals surface area (Å²) in [4.78, 5) is 11.5. The molecule has 0 atom stereocenters. The zero-order valence-corrected chi connectivity index (χ0v) is 19.7. The molecule has 0 spiro atoms. The Balaban J connectivity index is 2.01. The second-order valence-corrected chi connectivity index (χ2v) is 10.1. The Labute approximate surface area is 188 Å². The summed E-state index contributed by atoms with van der Waals surface area (Å²) in [6.07, 6.45) is 1.54. The van der Waals surface area contributed by atoms with E-state index in [-0.39, 0.29) is 16.5 Å². The fraction of sp³-hybridized carbons (Fsp3) is 0.304. The van der Waals surface area contributed by atoms with E-state index in [4.69, 9.17) is 4.74 Å². The first-order chi connectivity index (χ1) is 15.0. The molecular weight excluding hydrogens is 428 g/mol. The molecule has 32 heavy (non-hydrogen) atoms. The number of carbonyl (C=O) groups excluding carboxylic acids is 1. The average Bonchev–Trinajstić information content (AvgIpc) is 3.14. The number of rotatable bonds is 7. The third-order valence-electron chi connectivity index (χ3n) is 4.68. The summed E-state index contributed by atoms with van der Waals surface area (Å²) < 4.78 is 36.4. The van der Waals surface area contributed by atoms with Gasteiger partial charge < -0.3 is 10.1 Å². The minimum atomic E-state index is -4.00. The van der Waals surface area contributed by atoms with E-state index in [1.54, 1.807) is 23.0 Å². The van der Waals surface area contributed by atoms with Crippen LogP contribution in [0.5, 0.6) is 5.75 Å². The molecule has 0 unspecified atom stereocenters. The van der Waals surface area contributed by atoms with Gasteiger partial charge in [-0.15, -0.1) is 0 Å². The predicted molar refractivity (Wildman–Crippen MR) is 125 cm³/mol. The van der Waals surface area contributed by atoms with Gasteiger partial charge in [0.25, 0.3) is 10.0 Å². The van der Waals surface area contributed by atoms with E-state index in [1.807, 2.05) is 51.1 Å². The van der Waals surface area contributed by atoms with Gasteiger partial charge in [0.05, 0.1) is 25.0 Å². The zero-order chi connectivity index (χ0) is 23.5. The van der Waals surface area contributed by atoms with Crippen LogP contribution in [0.2, 0.25) is 0 Å². The molecule has 1 amide bonds. The number of hydrogen-bond donors (Lipinski definition) is 2. The van der Waals surface area contributed by atoms with Crippen molar-refractivity contribution in [1.29, 1.82) is 0 Å². The number of nitrogens with one attached hydrogen (secondary N) is 2. The van der Waals surface area contributed by atoms with Gasteiger partial charge in [0.1, 0.15) is 10.6 Å². The molecule has 0 bridgehead atoms. The van der Waals surface area contributed by atoms with Crippen LogP contribution in [0.1, 0.15) is 39.0 Å². The number of aromatic nitrogens is 2. The molecule has 2 aromatic carbocycles. The lowest BCUT2D eigenvalue weighted by Crippen LogP contribution is -2.20. The van der Waals surface area contributed by atoms with Gasteiger partial charge in [-0.3, -0.25) is 14.2 Å². The molecule has 0 fully saturated rings. The third-order valence-corrected chi connectivity index (χ3v) is 6.05. The van der Waals surface area contributed by atoms with E-state index in [0.29, 0.717) is 23.7 Å². The Morgan fingerprint density at radius 2 is 1.81 bits per heavy atom. The van der Waals surface area contributed by atoms with E-state index in [1.165, 1.54) is 20.1 Å². The Morgan fingerprint density at radius 1 is 1.12 bits per heavy atom. The molecule has 0 aliphatic rings. The lowest BCUT2D eigenvalue weighted by molar-refractivity contribution is -0.114. The monoisotopic (exact) mass is 456 g/mol. The van der Waals surface area contributed by atoms with Crippen molar-refractivity contribution in [2.24, 2.45) is 0 Å². The summed E-state index contributed by atoms with van der Waals surface area (Å²) in [5.74, 6) is 0.0674. The van der Waals surface area contributed by atoms with Crippen molar-refractivity contribution in [1.82, 2.24) is 9.78 Å². The van der Waals surface area contributed by atoms with Crippen molar-refractivity contribution in [2.45, 2.75) is 44.6 Å². The van der Waals surface area contributed by atoms with Crippen LogP contribution in [0.15, 0.2) is 59.6 Å². The van der Waals surface area contributed by atoms with Crippen LogP contribution in [0, 0.1) is 0 Å². The lowest BCUT2D eigenvalue weighted by Gasteiger charge is -2.18. The van der Waals surface area contributed by atoms with E-state index < -0.39 is 15.4 Å². The molecule has 9 heteroatoms. The Bertz CT molecular complexity index is 1210. The van der Waals surface area contributed by atoms with Gasteiger partial charge in [-0.05, 0) is 23.8 Å². The number of sulfonamides is 1. The number of ether oxygens (including phenoxy) is 1. The van der Waals surface area contributed by atoms with Gasteiger partial charge in [-0.25, -0.2) is 8.42 Å². The fourth-order valence-electron chi connectivity index (χ4n) is 3.24. The maximum absolute atomic E-state index is 13.4. The number of amides is 1. The fourth-order valence-corrected chi connectivity index (χ4v) is 4.66. The van der Waals surface area contributed by atoms with Crippen molar-refractivity contribution < 1.29 is 17.9 Å². The highest BCUT2D eigenvalue weighted by Crippen LogP contribution is 2.33. The van der Waals surface area contributed by atoms with E-state index >= 15 is 0 Å². The van der Waals surface area contributed by atoms with Crippen LogP contribution in [0.3, 0.4) is 0 Å². The standard InChI is InChI=1S/C23H28N4O4S/c1-16(28)24-18-11-12-20(31-5)19(13-18)26-32(29,30)21-15-27(25-22(21)23(2,3)4)14-17-9-7-6-8-10-17/h6-13,15,26H,14H2,1-5H3,(H,24,28). The van der Waals surface area contributed by atoms with Crippen LogP contribution < -0.4 is 14.8 Å². The molecule has 1 aromatic heterocycles. The number of carbonyl (C=O) groups is 1. The quantitative estimate of drug-likeness (QED) is 0.560. The molecule has 0 aliphatic heterocycles. The first-order valence-corrected chi connectivity index (χ1v) is 11.6. The summed E-state index contributed by atoms with van der Waals surface area (Å²) >= 11 is 0. The van der Waals surface area contributed by atoms with Gasteiger partial charge >= 0.3 is 0 Å². The summed E-state index contributed by atoms with van der Waals surface area (Å²) in [5.41, 5.74) is 1.63. The van der Waals surface area contributed by atoms with Gasteiger partial charge in [0.2, 0.25) is 5.91 Å². The summed E-state index contributed by atoms with van der Waals surface area (Å²) in [6.45, 7) is 7.57. The number of hydrogen-bond acceptors (Lipinski definition) is 5. The van der Waals surface area contributed by atoms with Crippen LogP contribution in [0.4, 0.5) is 11.4 Å². The first kappa shape index (κ1) is 23.3. The van der Waals surface area contributed by atoms with Crippen molar-refractivity contribution in [3.05, 3.63) is 66.0 Å². The Hall–Kier alpha value is -3.33. The molecule has 0 aliphatic carbocycles. The average molecular weight is 457 g/mol. The maximum atomic E-state index is 13.4. The predicted octanol–water partition coefficient (Wildman–Crippen LogP) is 4.00. The largest absolute Gasteiger partial charge is 0.495 e. The van der Waals surface area contributed by atoms with Crippen molar-refractivity contribution >= 4 is 27.3 Å². The second-order valence-electron chi connectivity index (χ2n) is 8.48. The highest BCUT2D eigenvalue weighted by atomic mass is 32.2. The van der Waals surface area contributed by atoms with Gasteiger partial charge in [0, 0.05) is 24.2 Å². The third kappa shape index (κ3) is 5.47. The Morgan fingerprint density at radius 3 is 2.41 bits per heavy atom. The van der Waals surface area contributed by atoms with Crippen molar-refractivity contribution in [3.63, 3.8) is 0 Å². The Kier molecular flexibility index (Phi) is 6.59. The topological polar surface area (TPSA) is 102 Å². The van der Waals surface area contributed by atoms with E-state index in [9.17, 15) is 13.2 Å². The highest BCUT2D eigenvalue weighted by molar-refractivity contribution is 7.92. The van der Waals surface area contributed by atoms with Crippen LogP contribution >= 0.6 is 0 Å². The maximum Gasteiger partial charge on any atom is 0.265 e. The number of nitrogens with zero attached hydrogens (tertiary/aromatic N) is 2. The van der Waals surface area contributed by atoms with Gasteiger partial charge in [-0.1, -0.05) is 51.1 Å². The minimum Gasteiger partial charge on any atom is -0.495 e. The molecule has 8 nitrogen and oxygen atoms in total. The number of benzene rings is 2. The lowest BCUT2D eigenvalue weighted by atomic mass is 9.92. The molecule has 1 heterocycles. The number of anilines is 2. The summed E-state index contributed by atoms with van der Waals surface area (Å²) in [6, 6.07) is 14.4. The molecule has 0 saturated heterocycles. The highest BCUT2D eigenvalue weighted by Gasteiger charge is 2.30. The number of methoxy groups -OCH3 is 1. The molecule has 170 valence electrons. The summed E-state index contributed by atoms with van der Waals surface area (Å²) in [5, 5.41) is 7.24. The molecule has 3 aromatic rings. The van der Waals surface area contributed by atoms with Gasteiger partial charge in [0.15, 0.2) is 0 Å².